The van der Waals surface area contributed by atoms with Crippen molar-refractivity contribution in [3.63, 3.8) is 0 Å². The summed E-state index contributed by atoms with van der Waals surface area (Å²) in [6, 6.07) is 24.7. The summed E-state index contributed by atoms with van der Waals surface area (Å²) < 4.78 is 0.916. The minimum Gasteiger partial charge on any atom is -0.505 e. The molecule has 0 unspecified atom stereocenters. The van der Waals surface area contributed by atoms with Gasteiger partial charge in [-0.15, -0.1) is 5.11 Å². The lowest BCUT2D eigenvalue weighted by Gasteiger charge is -2.06. The Balaban J connectivity index is 2.04. The number of carbonyl (C=O) groups is 1. The number of azo groups is 1. The molecule has 0 saturated carbocycles. The van der Waals surface area contributed by atoms with Gasteiger partial charge in [-0.1, -0.05) is 76.6 Å². The van der Waals surface area contributed by atoms with Crippen LogP contribution in [0.25, 0.3) is 5.76 Å². The van der Waals surface area contributed by atoms with Crippen LogP contribution in [-0.4, -0.2) is 10.9 Å². The van der Waals surface area contributed by atoms with Crippen molar-refractivity contribution in [2.45, 2.75) is 0 Å². The topological polar surface area (TPSA) is 62.0 Å². The van der Waals surface area contributed by atoms with Gasteiger partial charge in [0.25, 0.3) is 0 Å². The quantitative estimate of drug-likeness (QED) is 0.232. The zero-order valence-corrected chi connectivity index (χ0v) is 15.3. The Labute approximate surface area is 159 Å². The van der Waals surface area contributed by atoms with Crippen LogP contribution in [0.4, 0.5) is 5.69 Å². The molecule has 3 aromatic rings. The molecular formula is C21H15BrN2O2. The van der Waals surface area contributed by atoms with Crippen molar-refractivity contribution in [2.24, 2.45) is 10.2 Å². The third kappa shape index (κ3) is 4.32. The first-order chi connectivity index (χ1) is 12.6. The molecule has 0 radical (unpaired) electrons. The van der Waals surface area contributed by atoms with E-state index in [0.717, 1.165) is 4.47 Å². The van der Waals surface area contributed by atoms with Gasteiger partial charge in [-0.25, -0.2) is 0 Å². The van der Waals surface area contributed by atoms with E-state index < -0.39 is 5.78 Å². The first-order valence-electron chi connectivity index (χ1n) is 7.91. The Morgan fingerprint density at radius 3 is 1.88 bits per heavy atom. The normalized spacial score (nSPS) is 12.0. The summed E-state index contributed by atoms with van der Waals surface area (Å²) in [7, 11) is 0. The minimum absolute atomic E-state index is 0.106. The summed E-state index contributed by atoms with van der Waals surface area (Å²) in [6.07, 6.45) is 0. The number of allylic oxidation sites excluding steroid dienone is 1. The number of ketones is 1. The van der Waals surface area contributed by atoms with Crippen LogP contribution >= 0.6 is 15.9 Å². The van der Waals surface area contributed by atoms with E-state index >= 15 is 0 Å². The van der Waals surface area contributed by atoms with Crippen LogP contribution in [0.1, 0.15) is 15.9 Å². The van der Waals surface area contributed by atoms with E-state index in [1.54, 1.807) is 60.7 Å². The van der Waals surface area contributed by atoms with Gasteiger partial charge in [0, 0.05) is 15.6 Å². The lowest BCUT2D eigenvalue weighted by atomic mass is 10.1. The lowest BCUT2D eigenvalue weighted by molar-refractivity contribution is 0.103. The Hall–Kier alpha value is -3.05. The molecule has 3 rings (SSSR count). The predicted octanol–water partition coefficient (Wildman–Crippen LogP) is 6.34. The van der Waals surface area contributed by atoms with Gasteiger partial charge >= 0.3 is 0 Å². The SMILES string of the molecule is O=C(/C(N=Nc1ccc(Br)cc1)=C(\O)c1ccccc1)c1ccccc1. The van der Waals surface area contributed by atoms with E-state index in [2.05, 4.69) is 26.2 Å². The van der Waals surface area contributed by atoms with Gasteiger partial charge in [0.2, 0.25) is 5.78 Å². The van der Waals surface area contributed by atoms with Crippen LogP contribution in [0.2, 0.25) is 0 Å². The highest BCUT2D eigenvalue weighted by molar-refractivity contribution is 9.10. The van der Waals surface area contributed by atoms with Crippen LogP contribution in [-0.2, 0) is 0 Å². The molecule has 0 aliphatic heterocycles. The standard InChI is InChI=1S/C21H15BrN2O2/c22-17-11-13-18(14-12-17)23-24-19(20(25)15-7-3-1-4-8-15)21(26)16-9-5-2-6-10-16/h1-14,25H/b20-19+,24-23?. The van der Waals surface area contributed by atoms with E-state index in [9.17, 15) is 9.90 Å². The molecule has 0 aliphatic rings. The number of aliphatic hydroxyl groups is 1. The molecule has 0 atom stereocenters. The second-order valence-electron chi connectivity index (χ2n) is 5.43. The first-order valence-corrected chi connectivity index (χ1v) is 8.70. The molecule has 5 heteroatoms. The van der Waals surface area contributed by atoms with E-state index in [1.807, 2.05) is 24.3 Å². The van der Waals surface area contributed by atoms with E-state index in [1.165, 1.54) is 0 Å². The third-order valence-electron chi connectivity index (χ3n) is 3.61. The molecule has 0 aromatic heterocycles. The average Bonchev–Trinajstić information content (AvgIpc) is 2.70. The van der Waals surface area contributed by atoms with Crippen molar-refractivity contribution in [3.05, 3.63) is 106 Å². The fourth-order valence-corrected chi connectivity index (χ4v) is 2.54. The Bertz CT molecular complexity index is 950. The molecule has 128 valence electrons. The number of carbonyl (C=O) groups excluding carboxylic acids is 1. The molecule has 0 aliphatic carbocycles. The van der Waals surface area contributed by atoms with Gasteiger partial charge in [-0.2, -0.15) is 5.11 Å². The summed E-state index contributed by atoms with van der Waals surface area (Å²) in [6.45, 7) is 0. The molecule has 0 heterocycles. The van der Waals surface area contributed by atoms with Gasteiger partial charge in [0.1, 0.15) is 0 Å². The molecular weight excluding hydrogens is 392 g/mol. The van der Waals surface area contributed by atoms with Gasteiger partial charge in [0.15, 0.2) is 11.5 Å². The number of hydrogen-bond acceptors (Lipinski definition) is 4. The number of nitrogens with zero attached hydrogens (tertiary/aromatic N) is 2. The molecule has 0 fully saturated rings. The van der Waals surface area contributed by atoms with Crippen molar-refractivity contribution in [1.82, 2.24) is 0 Å². The maximum Gasteiger partial charge on any atom is 0.217 e. The van der Waals surface area contributed by atoms with Gasteiger partial charge < -0.3 is 5.11 Å². The number of hydrogen-bond donors (Lipinski definition) is 1. The van der Waals surface area contributed by atoms with Crippen LogP contribution < -0.4 is 0 Å². The van der Waals surface area contributed by atoms with Crippen molar-refractivity contribution >= 4 is 33.2 Å². The summed E-state index contributed by atoms with van der Waals surface area (Å²) in [5.41, 5.74) is 1.40. The maximum atomic E-state index is 12.9. The molecule has 0 amide bonds. The largest absolute Gasteiger partial charge is 0.505 e. The highest BCUT2D eigenvalue weighted by Crippen LogP contribution is 2.23. The summed E-state index contributed by atoms with van der Waals surface area (Å²) in [4.78, 5) is 12.9. The molecule has 0 spiro atoms. The van der Waals surface area contributed by atoms with E-state index in [-0.39, 0.29) is 11.5 Å². The summed E-state index contributed by atoms with van der Waals surface area (Å²) in [5, 5.41) is 18.8. The van der Waals surface area contributed by atoms with E-state index in [0.29, 0.717) is 16.8 Å². The third-order valence-corrected chi connectivity index (χ3v) is 4.14. The Morgan fingerprint density at radius 2 is 1.31 bits per heavy atom. The zero-order chi connectivity index (χ0) is 18.4. The van der Waals surface area contributed by atoms with Crippen LogP contribution in [0.5, 0.6) is 0 Å². The maximum absolute atomic E-state index is 12.9. The van der Waals surface area contributed by atoms with Crippen molar-refractivity contribution in [3.8, 4) is 0 Å². The minimum atomic E-state index is -0.396. The van der Waals surface area contributed by atoms with Crippen LogP contribution in [0, 0.1) is 0 Å². The molecule has 4 nitrogen and oxygen atoms in total. The second kappa shape index (κ2) is 8.36. The van der Waals surface area contributed by atoms with Gasteiger partial charge in [-0.3, -0.25) is 4.79 Å². The number of aliphatic hydroxyl groups excluding tert-OH is 1. The molecule has 26 heavy (non-hydrogen) atoms. The van der Waals surface area contributed by atoms with Crippen molar-refractivity contribution in [1.29, 1.82) is 0 Å². The molecule has 0 saturated heterocycles. The van der Waals surface area contributed by atoms with Gasteiger partial charge in [-0.05, 0) is 24.3 Å². The highest BCUT2D eigenvalue weighted by atomic mass is 79.9. The van der Waals surface area contributed by atoms with Crippen LogP contribution in [0.15, 0.2) is 105 Å². The fourth-order valence-electron chi connectivity index (χ4n) is 2.27. The number of rotatable bonds is 5. The average molecular weight is 407 g/mol. The first kappa shape index (κ1) is 17.8. The van der Waals surface area contributed by atoms with E-state index in [4.69, 9.17) is 0 Å². The highest BCUT2D eigenvalue weighted by Gasteiger charge is 2.18. The van der Waals surface area contributed by atoms with Gasteiger partial charge in [0.05, 0.1) is 5.69 Å². The number of benzene rings is 3. The zero-order valence-electron chi connectivity index (χ0n) is 13.7. The molecule has 3 aromatic carbocycles. The van der Waals surface area contributed by atoms with Crippen molar-refractivity contribution in [2.75, 3.05) is 0 Å². The number of halogens is 1. The molecule has 1 N–H and O–H groups in total. The van der Waals surface area contributed by atoms with Crippen molar-refractivity contribution < 1.29 is 9.90 Å². The number of Topliss-reactive ketones (excluding diaryl/α,β-unsaturated/α-hetero) is 1. The summed E-state index contributed by atoms with van der Waals surface area (Å²) in [5.74, 6) is -0.604. The summed E-state index contributed by atoms with van der Waals surface area (Å²) >= 11 is 3.36. The predicted molar refractivity (Wildman–Crippen MR) is 105 cm³/mol. The smallest absolute Gasteiger partial charge is 0.217 e. The monoisotopic (exact) mass is 406 g/mol. The molecule has 0 bridgehead atoms. The second-order valence-corrected chi connectivity index (χ2v) is 6.35. The fraction of sp³-hybridized carbons (Fsp3) is 0. The van der Waals surface area contributed by atoms with Crippen LogP contribution in [0.3, 0.4) is 0 Å². The Kier molecular flexibility index (Phi) is 5.71. The Morgan fingerprint density at radius 1 is 0.769 bits per heavy atom. The lowest BCUT2D eigenvalue weighted by Crippen LogP contribution is -2.04.